The molecule has 2 aromatic carbocycles. The molecule has 158 valence electrons. The van der Waals surface area contributed by atoms with E-state index in [1.807, 2.05) is 60.4 Å². The van der Waals surface area contributed by atoms with Crippen LogP contribution in [-0.4, -0.2) is 42.6 Å². The summed E-state index contributed by atoms with van der Waals surface area (Å²) in [5, 5.41) is 0.668. The summed E-state index contributed by atoms with van der Waals surface area (Å²) in [6.45, 7) is 3.20. The van der Waals surface area contributed by atoms with E-state index in [1.165, 1.54) is 0 Å². The summed E-state index contributed by atoms with van der Waals surface area (Å²) in [5.74, 6) is 0.600. The molecule has 1 atom stereocenters. The van der Waals surface area contributed by atoms with Crippen molar-refractivity contribution in [3.8, 4) is 5.75 Å². The van der Waals surface area contributed by atoms with E-state index in [9.17, 15) is 9.59 Å². The Morgan fingerprint density at radius 2 is 1.83 bits per heavy atom. The van der Waals surface area contributed by atoms with E-state index in [-0.39, 0.29) is 11.9 Å². The first kappa shape index (κ1) is 20.7. The Balaban J connectivity index is 1.44. The fourth-order valence-corrected chi connectivity index (χ4v) is 4.53. The molecule has 0 saturated carbocycles. The molecule has 0 aromatic heterocycles. The normalized spacial score (nSPS) is 19.7. The Kier molecular flexibility index (Phi) is 6.00. The standard InChI is InChI=1S/C24H26ClNO4/c1-2-29-23(28)24(16-17-7-9-19(25)10-8-17)11-13-26(14-12-24)22(27)21-15-18-5-3-4-6-20(18)30-21/h3-10,21H,2,11-16H2,1H3. The van der Waals surface area contributed by atoms with Crippen LogP contribution in [0.3, 0.4) is 0 Å². The molecule has 30 heavy (non-hydrogen) atoms. The molecule has 2 aliphatic heterocycles. The van der Waals surface area contributed by atoms with Crippen molar-refractivity contribution in [2.24, 2.45) is 5.41 Å². The molecule has 0 spiro atoms. The Labute approximate surface area is 181 Å². The minimum absolute atomic E-state index is 0.00449. The Morgan fingerprint density at radius 3 is 2.50 bits per heavy atom. The highest BCUT2D eigenvalue weighted by atomic mass is 35.5. The SMILES string of the molecule is CCOC(=O)C1(Cc2ccc(Cl)cc2)CCN(C(=O)C2Cc3ccccc3O2)CC1. The third-order valence-electron chi connectivity index (χ3n) is 6.12. The van der Waals surface area contributed by atoms with Crippen molar-refractivity contribution in [1.29, 1.82) is 0 Å². The van der Waals surface area contributed by atoms with E-state index in [4.69, 9.17) is 21.1 Å². The number of benzene rings is 2. The molecule has 1 unspecified atom stereocenters. The number of hydrogen-bond acceptors (Lipinski definition) is 4. The van der Waals surface area contributed by atoms with Gasteiger partial charge >= 0.3 is 5.97 Å². The van der Waals surface area contributed by atoms with E-state index in [0.717, 1.165) is 16.9 Å². The van der Waals surface area contributed by atoms with Crippen LogP contribution in [0.2, 0.25) is 5.02 Å². The van der Waals surface area contributed by atoms with Gasteiger partial charge in [0.15, 0.2) is 6.10 Å². The lowest BCUT2D eigenvalue weighted by molar-refractivity contribution is -0.161. The summed E-state index contributed by atoms with van der Waals surface area (Å²) in [7, 11) is 0. The summed E-state index contributed by atoms with van der Waals surface area (Å²) < 4.78 is 11.3. The number of para-hydroxylation sites is 1. The van der Waals surface area contributed by atoms with E-state index in [2.05, 4.69) is 0 Å². The zero-order chi connectivity index (χ0) is 21.1. The number of carbonyl (C=O) groups excluding carboxylic acids is 2. The molecule has 2 aliphatic rings. The second-order valence-electron chi connectivity index (χ2n) is 8.05. The minimum atomic E-state index is -0.625. The zero-order valence-electron chi connectivity index (χ0n) is 17.1. The van der Waals surface area contributed by atoms with E-state index in [0.29, 0.717) is 50.4 Å². The van der Waals surface area contributed by atoms with Crippen molar-refractivity contribution < 1.29 is 19.1 Å². The van der Waals surface area contributed by atoms with Gasteiger partial charge in [0, 0.05) is 24.5 Å². The lowest BCUT2D eigenvalue weighted by Crippen LogP contribution is -2.51. The fourth-order valence-electron chi connectivity index (χ4n) is 4.41. The van der Waals surface area contributed by atoms with Gasteiger partial charge in [-0.25, -0.2) is 0 Å². The number of hydrogen-bond donors (Lipinski definition) is 0. The zero-order valence-corrected chi connectivity index (χ0v) is 17.9. The van der Waals surface area contributed by atoms with Crippen LogP contribution < -0.4 is 4.74 Å². The molecule has 0 bridgehead atoms. The molecule has 0 radical (unpaired) electrons. The molecule has 1 saturated heterocycles. The third-order valence-corrected chi connectivity index (χ3v) is 6.37. The van der Waals surface area contributed by atoms with Crippen LogP contribution in [0.5, 0.6) is 5.75 Å². The quantitative estimate of drug-likeness (QED) is 0.675. The number of amides is 1. The van der Waals surface area contributed by atoms with Gasteiger partial charge in [0.25, 0.3) is 5.91 Å². The molecular formula is C24H26ClNO4. The highest BCUT2D eigenvalue weighted by molar-refractivity contribution is 6.30. The van der Waals surface area contributed by atoms with Gasteiger partial charge < -0.3 is 14.4 Å². The average Bonchev–Trinajstić information content (AvgIpc) is 3.20. The molecule has 5 nitrogen and oxygen atoms in total. The largest absolute Gasteiger partial charge is 0.480 e. The van der Waals surface area contributed by atoms with Crippen molar-refractivity contribution in [2.75, 3.05) is 19.7 Å². The highest BCUT2D eigenvalue weighted by Gasteiger charge is 2.45. The number of fused-ring (bicyclic) bond motifs is 1. The van der Waals surface area contributed by atoms with Gasteiger partial charge in [-0.3, -0.25) is 9.59 Å². The summed E-state index contributed by atoms with van der Waals surface area (Å²) in [5.41, 5.74) is 1.48. The van der Waals surface area contributed by atoms with Gasteiger partial charge in [0.05, 0.1) is 12.0 Å². The van der Waals surface area contributed by atoms with Crippen LogP contribution in [-0.2, 0) is 27.2 Å². The number of rotatable bonds is 5. The number of piperidine rings is 1. The second-order valence-corrected chi connectivity index (χ2v) is 8.48. The number of halogens is 1. The van der Waals surface area contributed by atoms with Gasteiger partial charge in [-0.1, -0.05) is 41.9 Å². The monoisotopic (exact) mass is 427 g/mol. The third kappa shape index (κ3) is 4.17. The fraction of sp³-hybridized carbons (Fsp3) is 0.417. The van der Waals surface area contributed by atoms with E-state index < -0.39 is 11.5 Å². The molecule has 0 aliphatic carbocycles. The molecule has 2 heterocycles. The Hall–Kier alpha value is -2.53. The maximum absolute atomic E-state index is 13.0. The van der Waals surface area contributed by atoms with Gasteiger partial charge in [-0.15, -0.1) is 0 Å². The first-order chi connectivity index (χ1) is 14.5. The lowest BCUT2D eigenvalue weighted by Gasteiger charge is -2.40. The van der Waals surface area contributed by atoms with Crippen molar-refractivity contribution >= 4 is 23.5 Å². The number of esters is 1. The van der Waals surface area contributed by atoms with Crippen LogP contribution >= 0.6 is 11.6 Å². The number of carbonyl (C=O) groups is 2. The van der Waals surface area contributed by atoms with Crippen molar-refractivity contribution in [2.45, 2.75) is 38.7 Å². The van der Waals surface area contributed by atoms with Crippen LogP contribution in [0.1, 0.15) is 30.9 Å². The lowest BCUT2D eigenvalue weighted by atomic mass is 9.73. The van der Waals surface area contributed by atoms with Gasteiger partial charge in [-0.2, -0.15) is 0 Å². The van der Waals surface area contributed by atoms with Crippen LogP contribution in [0.15, 0.2) is 48.5 Å². The van der Waals surface area contributed by atoms with E-state index >= 15 is 0 Å². The van der Waals surface area contributed by atoms with Crippen LogP contribution in [0.25, 0.3) is 0 Å². The number of nitrogens with zero attached hydrogens (tertiary/aromatic N) is 1. The molecule has 0 N–H and O–H groups in total. The average molecular weight is 428 g/mol. The Bertz CT molecular complexity index is 894. The predicted octanol–water partition coefficient (Wildman–Crippen LogP) is 4.06. The number of ether oxygens (including phenoxy) is 2. The second kappa shape index (κ2) is 8.68. The molecule has 1 fully saturated rings. The molecule has 1 amide bonds. The van der Waals surface area contributed by atoms with Crippen molar-refractivity contribution in [3.63, 3.8) is 0 Å². The highest BCUT2D eigenvalue weighted by Crippen LogP contribution is 2.38. The summed E-state index contributed by atoms with van der Waals surface area (Å²) in [6.07, 6.45) is 1.84. The first-order valence-electron chi connectivity index (χ1n) is 10.5. The van der Waals surface area contributed by atoms with E-state index in [1.54, 1.807) is 0 Å². The number of likely N-dealkylation sites (tertiary alicyclic amines) is 1. The smallest absolute Gasteiger partial charge is 0.312 e. The molecule has 6 heteroatoms. The predicted molar refractivity (Wildman–Crippen MR) is 115 cm³/mol. The van der Waals surface area contributed by atoms with Gasteiger partial charge in [0.2, 0.25) is 0 Å². The maximum Gasteiger partial charge on any atom is 0.312 e. The molecule has 2 aromatic rings. The topological polar surface area (TPSA) is 55.8 Å². The van der Waals surface area contributed by atoms with Gasteiger partial charge in [-0.05, 0) is 55.5 Å². The van der Waals surface area contributed by atoms with Gasteiger partial charge in [0.1, 0.15) is 5.75 Å². The Morgan fingerprint density at radius 1 is 1.13 bits per heavy atom. The van der Waals surface area contributed by atoms with Crippen molar-refractivity contribution in [3.05, 3.63) is 64.7 Å². The van der Waals surface area contributed by atoms with Crippen molar-refractivity contribution in [1.82, 2.24) is 4.90 Å². The maximum atomic E-state index is 13.0. The summed E-state index contributed by atoms with van der Waals surface area (Å²) >= 11 is 6.00. The first-order valence-corrected chi connectivity index (χ1v) is 10.8. The van der Waals surface area contributed by atoms with Crippen LogP contribution in [0.4, 0.5) is 0 Å². The summed E-state index contributed by atoms with van der Waals surface area (Å²) in [6, 6.07) is 15.3. The molecule has 4 rings (SSSR count). The van der Waals surface area contributed by atoms with Crippen LogP contribution in [0, 0.1) is 5.41 Å². The minimum Gasteiger partial charge on any atom is -0.480 e. The summed E-state index contributed by atoms with van der Waals surface area (Å²) in [4.78, 5) is 27.8. The molecular weight excluding hydrogens is 402 g/mol.